The van der Waals surface area contributed by atoms with Crippen LogP contribution in [-0.2, 0) is 4.79 Å². The van der Waals surface area contributed by atoms with Gasteiger partial charge in [-0.1, -0.05) is 34.5 Å². The lowest BCUT2D eigenvalue weighted by molar-refractivity contribution is -0.118. The zero-order valence-electron chi connectivity index (χ0n) is 14.9. The topological polar surface area (TPSA) is 90.6 Å². The number of halogens is 2. The Morgan fingerprint density at radius 2 is 2.03 bits per heavy atom. The van der Waals surface area contributed by atoms with Crippen molar-refractivity contribution in [2.24, 2.45) is 0 Å². The summed E-state index contributed by atoms with van der Waals surface area (Å²) < 4.78 is 12.4. The van der Waals surface area contributed by atoms with Crippen molar-refractivity contribution in [1.82, 2.24) is 19.8 Å². The first kappa shape index (κ1) is 19.4. The number of carbonyl (C=O) groups excluding carboxylic acids is 1. The molecule has 2 aromatic carbocycles. The average Bonchev–Trinajstić information content (AvgIpc) is 3.29. The Bertz CT molecular complexity index is 1160. The van der Waals surface area contributed by atoms with Crippen LogP contribution in [-0.4, -0.2) is 39.4 Å². The van der Waals surface area contributed by atoms with Gasteiger partial charge in [-0.05, 0) is 36.4 Å². The van der Waals surface area contributed by atoms with Gasteiger partial charge in [0.05, 0.1) is 17.8 Å². The predicted octanol–water partition coefficient (Wildman–Crippen LogP) is 4.19. The van der Waals surface area contributed by atoms with E-state index in [9.17, 15) is 4.79 Å². The van der Waals surface area contributed by atoms with Crippen LogP contribution < -0.4 is 14.8 Å². The van der Waals surface area contributed by atoms with Crippen LogP contribution in [0.15, 0.2) is 42.7 Å². The maximum absolute atomic E-state index is 12.4. The molecular formula is C18H13Cl2N5O3S. The van der Waals surface area contributed by atoms with Gasteiger partial charge in [-0.25, -0.2) is 0 Å². The van der Waals surface area contributed by atoms with E-state index in [0.29, 0.717) is 32.2 Å². The van der Waals surface area contributed by atoms with Gasteiger partial charge >= 0.3 is 0 Å². The second-order valence-corrected chi connectivity index (χ2v) is 7.59. The number of nitrogens with zero attached hydrogens (tertiary/aromatic N) is 4. The van der Waals surface area contributed by atoms with E-state index in [1.165, 1.54) is 24.8 Å². The summed E-state index contributed by atoms with van der Waals surface area (Å²) in [5.41, 5.74) is 1.30. The van der Waals surface area contributed by atoms with Crippen LogP contribution >= 0.6 is 34.5 Å². The molecule has 0 bridgehead atoms. The Balaban J connectivity index is 1.50. The minimum Gasteiger partial charge on any atom is -0.495 e. The van der Waals surface area contributed by atoms with E-state index < -0.39 is 0 Å². The van der Waals surface area contributed by atoms with E-state index in [2.05, 4.69) is 20.6 Å². The number of fused-ring (bicyclic) bond motifs is 1. The molecule has 0 fully saturated rings. The van der Waals surface area contributed by atoms with Crippen LogP contribution in [0.5, 0.6) is 11.5 Å². The molecule has 4 rings (SSSR count). The lowest BCUT2D eigenvalue weighted by atomic mass is 10.2. The lowest BCUT2D eigenvalue weighted by Gasteiger charge is -2.12. The zero-order chi connectivity index (χ0) is 20.4. The van der Waals surface area contributed by atoms with Gasteiger partial charge < -0.3 is 14.8 Å². The van der Waals surface area contributed by atoms with Crippen LogP contribution in [0.4, 0.5) is 5.69 Å². The van der Waals surface area contributed by atoms with Gasteiger partial charge in [-0.3, -0.25) is 4.79 Å². The Labute approximate surface area is 179 Å². The maximum atomic E-state index is 12.4. The minimum atomic E-state index is -0.371. The van der Waals surface area contributed by atoms with Crippen molar-refractivity contribution < 1.29 is 14.3 Å². The van der Waals surface area contributed by atoms with E-state index in [0.717, 1.165) is 10.6 Å². The number of hydrogen-bond donors (Lipinski definition) is 1. The van der Waals surface area contributed by atoms with Gasteiger partial charge in [-0.2, -0.15) is 9.61 Å². The molecule has 0 unspecified atom stereocenters. The fourth-order valence-electron chi connectivity index (χ4n) is 2.54. The summed E-state index contributed by atoms with van der Waals surface area (Å²) in [5.74, 6) is 0.505. The highest BCUT2D eigenvalue weighted by Crippen LogP contribution is 2.33. The van der Waals surface area contributed by atoms with Gasteiger partial charge in [0.25, 0.3) is 5.91 Å². The molecule has 0 aliphatic heterocycles. The molecule has 0 saturated carbocycles. The number of carbonyl (C=O) groups is 1. The van der Waals surface area contributed by atoms with Crippen molar-refractivity contribution in [3.05, 3.63) is 52.8 Å². The van der Waals surface area contributed by atoms with Gasteiger partial charge in [0.2, 0.25) is 4.96 Å². The summed E-state index contributed by atoms with van der Waals surface area (Å²) in [6.45, 7) is -0.231. The summed E-state index contributed by atoms with van der Waals surface area (Å²) in [4.78, 5) is 13.1. The van der Waals surface area contributed by atoms with E-state index in [-0.39, 0.29) is 12.5 Å². The zero-order valence-corrected chi connectivity index (χ0v) is 17.3. The van der Waals surface area contributed by atoms with E-state index in [1.807, 2.05) is 6.07 Å². The molecule has 2 aromatic heterocycles. The SMILES string of the molecule is COc1ccc(-c2nn3cnnc3s2)cc1NC(=O)COc1ccc(Cl)cc1Cl. The van der Waals surface area contributed by atoms with Gasteiger partial charge in [0, 0.05) is 10.6 Å². The third-order valence-corrected chi connectivity index (χ3v) is 5.35. The molecule has 4 aromatic rings. The molecule has 2 heterocycles. The number of nitrogens with one attached hydrogen (secondary N) is 1. The molecular weight excluding hydrogens is 437 g/mol. The molecule has 8 nitrogen and oxygen atoms in total. The molecule has 0 atom stereocenters. The van der Waals surface area contributed by atoms with Gasteiger partial charge in [-0.15, -0.1) is 10.2 Å². The molecule has 0 aliphatic carbocycles. The summed E-state index contributed by atoms with van der Waals surface area (Å²) in [7, 11) is 1.53. The Morgan fingerprint density at radius 3 is 2.79 bits per heavy atom. The molecule has 0 aliphatic rings. The summed E-state index contributed by atoms with van der Waals surface area (Å²) >= 11 is 13.3. The number of methoxy groups -OCH3 is 1. The van der Waals surface area contributed by atoms with Crippen LogP contribution in [0.3, 0.4) is 0 Å². The highest BCUT2D eigenvalue weighted by molar-refractivity contribution is 7.19. The Hall–Kier alpha value is -2.88. The standard InChI is InChI=1S/C18H13Cl2N5O3S/c1-27-15-4-2-10(17-24-25-9-21-23-18(25)29-17)6-13(15)22-16(26)8-28-14-5-3-11(19)7-12(14)20/h2-7,9H,8H2,1H3,(H,22,26). The second-order valence-electron chi connectivity index (χ2n) is 5.79. The van der Waals surface area contributed by atoms with Crippen LogP contribution in [0.1, 0.15) is 0 Å². The number of benzene rings is 2. The third-order valence-electron chi connectivity index (χ3n) is 3.86. The number of amides is 1. The first-order valence-electron chi connectivity index (χ1n) is 8.26. The fraction of sp³-hybridized carbons (Fsp3) is 0.111. The van der Waals surface area contributed by atoms with Crippen molar-refractivity contribution in [2.45, 2.75) is 0 Å². The van der Waals surface area contributed by atoms with Crippen molar-refractivity contribution in [3.8, 4) is 22.1 Å². The van der Waals surface area contributed by atoms with E-state index >= 15 is 0 Å². The predicted molar refractivity (Wildman–Crippen MR) is 111 cm³/mol. The normalized spacial score (nSPS) is 10.9. The first-order chi connectivity index (χ1) is 14.0. The van der Waals surface area contributed by atoms with Crippen molar-refractivity contribution in [3.63, 3.8) is 0 Å². The monoisotopic (exact) mass is 449 g/mol. The van der Waals surface area contributed by atoms with Crippen LogP contribution in [0.2, 0.25) is 10.0 Å². The molecule has 1 amide bonds. The molecule has 1 N–H and O–H groups in total. The number of ether oxygens (including phenoxy) is 2. The number of rotatable bonds is 6. The van der Waals surface area contributed by atoms with Crippen molar-refractivity contribution in [1.29, 1.82) is 0 Å². The van der Waals surface area contributed by atoms with Gasteiger partial charge in [0.15, 0.2) is 6.61 Å². The average molecular weight is 450 g/mol. The Morgan fingerprint density at radius 1 is 1.21 bits per heavy atom. The quantitative estimate of drug-likeness (QED) is 0.474. The molecule has 0 saturated heterocycles. The van der Waals surface area contributed by atoms with Crippen molar-refractivity contribution >= 4 is 51.1 Å². The first-order valence-corrected chi connectivity index (χ1v) is 9.83. The van der Waals surface area contributed by atoms with Crippen LogP contribution in [0.25, 0.3) is 15.5 Å². The van der Waals surface area contributed by atoms with Gasteiger partial charge in [0.1, 0.15) is 22.8 Å². The lowest BCUT2D eigenvalue weighted by Crippen LogP contribution is -2.20. The maximum Gasteiger partial charge on any atom is 0.262 e. The highest BCUT2D eigenvalue weighted by Gasteiger charge is 2.14. The summed E-state index contributed by atoms with van der Waals surface area (Å²) in [6, 6.07) is 10.2. The Kier molecular flexibility index (Phi) is 5.52. The minimum absolute atomic E-state index is 0.231. The fourth-order valence-corrected chi connectivity index (χ4v) is 3.82. The number of hydrogen-bond acceptors (Lipinski definition) is 7. The van der Waals surface area contributed by atoms with Crippen LogP contribution in [0, 0.1) is 0 Å². The summed E-state index contributed by atoms with van der Waals surface area (Å²) in [5, 5.41) is 16.5. The van der Waals surface area contributed by atoms with E-state index in [4.69, 9.17) is 32.7 Å². The molecule has 148 valence electrons. The second kappa shape index (κ2) is 8.24. The summed E-state index contributed by atoms with van der Waals surface area (Å²) in [6.07, 6.45) is 1.53. The molecule has 29 heavy (non-hydrogen) atoms. The number of anilines is 1. The van der Waals surface area contributed by atoms with Crippen molar-refractivity contribution in [2.75, 3.05) is 19.0 Å². The smallest absolute Gasteiger partial charge is 0.262 e. The molecule has 0 radical (unpaired) electrons. The molecule has 0 spiro atoms. The van der Waals surface area contributed by atoms with E-state index in [1.54, 1.807) is 34.8 Å². The third kappa shape index (κ3) is 4.26. The number of aromatic nitrogens is 4. The largest absolute Gasteiger partial charge is 0.495 e. The highest BCUT2D eigenvalue weighted by atomic mass is 35.5. The molecule has 11 heteroatoms.